The lowest BCUT2D eigenvalue weighted by Gasteiger charge is -2.24. The van der Waals surface area contributed by atoms with Gasteiger partial charge in [0, 0.05) is 16.7 Å². The number of amides is 1. The number of sulfonamides is 1. The number of hydrazone groups is 1. The van der Waals surface area contributed by atoms with Gasteiger partial charge in [-0.1, -0.05) is 47.5 Å². The summed E-state index contributed by atoms with van der Waals surface area (Å²) >= 11 is 9.74. The highest BCUT2D eigenvalue weighted by Gasteiger charge is 2.28. The molecule has 4 aromatic carbocycles. The van der Waals surface area contributed by atoms with Gasteiger partial charge in [-0.3, -0.25) is 9.10 Å². The first kappa shape index (κ1) is 33.6. The average Bonchev–Trinajstić information content (AvgIpc) is 3.03. The monoisotopic (exact) mass is 715 g/mol. The molecule has 0 saturated heterocycles. The number of ether oxygens (including phenoxy) is 4. The first-order chi connectivity index (χ1) is 21.6. The average molecular weight is 717 g/mol. The molecule has 0 aromatic heterocycles. The number of aryl methyl sites for hydroxylation is 1. The van der Waals surface area contributed by atoms with Crippen LogP contribution in [0.1, 0.15) is 16.7 Å². The minimum atomic E-state index is -4.16. The third kappa shape index (κ3) is 8.27. The largest absolute Gasteiger partial charge is 0.493 e. The second-order valence-corrected chi connectivity index (χ2v) is 12.7. The number of hydrogen-bond donors (Lipinski definition) is 1. The van der Waals surface area contributed by atoms with Crippen molar-refractivity contribution >= 4 is 55.4 Å². The van der Waals surface area contributed by atoms with E-state index in [9.17, 15) is 13.2 Å². The fourth-order valence-electron chi connectivity index (χ4n) is 4.20. The van der Waals surface area contributed by atoms with Crippen LogP contribution in [0, 0.1) is 6.92 Å². The number of hydrogen-bond acceptors (Lipinski definition) is 8. The first-order valence-electron chi connectivity index (χ1n) is 13.4. The molecule has 4 aromatic rings. The molecule has 10 nitrogen and oxygen atoms in total. The number of carbonyl (C=O) groups is 1. The molecule has 4 rings (SSSR count). The second kappa shape index (κ2) is 15.2. The normalized spacial score (nSPS) is 11.2. The summed E-state index contributed by atoms with van der Waals surface area (Å²) in [5.41, 5.74) is 4.89. The maximum Gasteiger partial charge on any atom is 0.264 e. The second-order valence-electron chi connectivity index (χ2n) is 9.57. The van der Waals surface area contributed by atoms with Gasteiger partial charge in [-0.15, -0.1) is 0 Å². The first-order valence-corrected chi connectivity index (χ1v) is 16.1. The third-order valence-electron chi connectivity index (χ3n) is 6.54. The summed E-state index contributed by atoms with van der Waals surface area (Å²) in [7, 11) is 0.257. The SMILES string of the molecule is COc1ccc(N(CC(=O)N/N=C/c2cc(Br)c(OCc3ccccc3Cl)c(OC)c2)S(=O)(=O)c2ccc(C)cc2)cc1OC. The van der Waals surface area contributed by atoms with Crippen molar-refractivity contribution in [1.29, 1.82) is 0 Å². The minimum Gasteiger partial charge on any atom is -0.493 e. The Morgan fingerprint density at radius 3 is 2.29 bits per heavy atom. The van der Waals surface area contributed by atoms with E-state index in [2.05, 4.69) is 26.5 Å². The number of nitrogens with one attached hydrogen (secondary N) is 1. The topological polar surface area (TPSA) is 116 Å². The Labute approximate surface area is 275 Å². The summed E-state index contributed by atoms with van der Waals surface area (Å²) in [4.78, 5) is 13.1. The number of halogens is 2. The Bertz CT molecular complexity index is 1800. The van der Waals surface area contributed by atoms with Crippen molar-refractivity contribution in [2.75, 3.05) is 32.2 Å². The number of methoxy groups -OCH3 is 3. The van der Waals surface area contributed by atoms with Crippen molar-refractivity contribution in [2.24, 2.45) is 5.10 Å². The number of carbonyl (C=O) groups excluding carboxylic acids is 1. The molecule has 236 valence electrons. The van der Waals surface area contributed by atoms with E-state index in [1.807, 2.05) is 25.1 Å². The Kier molecular flexibility index (Phi) is 11.3. The van der Waals surface area contributed by atoms with Gasteiger partial charge in [-0.2, -0.15) is 5.10 Å². The Hall–Kier alpha value is -4.26. The summed E-state index contributed by atoms with van der Waals surface area (Å²) in [5, 5.41) is 4.63. The third-order valence-corrected chi connectivity index (χ3v) is 9.28. The van der Waals surface area contributed by atoms with Crippen molar-refractivity contribution in [3.8, 4) is 23.0 Å². The highest BCUT2D eigenvalue weighted by atomic mass is 79.9. The van der Waals surface area contributed by atoms with Crippen molar-refractivity contribution < 1.29 is 32.2 Å². The van der Waals surface area contributed by atoms with E-state index in [0.29, 0.717) is 38.1 Å². The van der Waals surface area contributed by atoms with Crippen molar-refractivity contribution in [3.63, 3.8) is 0 Å². The van der Waals surface area contributed by atoms with E-state index < -0.39 is 22.5 Å². The van der Waals surface area contributed by atoms with E-state index in [0.717, 1.165) is 15.4 Å². The van der Waals surface area contributed by atoms with E-state index in [-0.39, 0.29) is 17.2 Å². The van der Waals surface area contributed by atoms with Gasteiger partial charge >= 0.3 is 0 Å². The standard InChI is InChI=1S/C32H31BrClN3O7S/c1-21-9-12-25(13-10-21)45(39,40)37(24-11-14-28(41-2)29(17-24)42-3)19-31(38)36-35-18-22-15-26(33)32(30(16-22)43-4)44-20-23-7-5-6-8-27(23)34/h5-18H,19-20H2,1-4H3,(H,36,38)/b35-18+. The van der Waals surface area contributed by atoms with Crippen molar-refractivity contribution in [1.82, 2.24) is 5.43 Å². The molecule has 0 atom stereocenters. The van der Waals surface area contributed by atoms with Crippen LogP contribution in [0.3, 0.4) is 0 Å². The lowest BCUT2D eigenvalue weighted by molar-refractivity contribution is -0.119. The summed E-state index contributed by atoms with van der Waals surface area (Å²) in [5.74, 6) is 0.919. The van der Waals surface area contributed by atoms with Gasteiger partial charge in [0.05, 0.1) is 42.6 Å². The summed E-state index contributed by atoms with van der Waals surface area (Å²) in [6.45, 7) is 1.51. The van der Waals surface area contributed by atoms with Gasteiger partial charge in [-0.05, 0) is 70.9 Å². The summed E-state index contributed by atoms with van der Waals surface area (Å²) < 4.78 is 51.1. The molecule has 0 heterocycles. The molecular weight excluding hydrogens is 686 g/mol. The van der Waals surface area contributed by atoms with Crippen LogP contribution >= 0.6 is 27.5 Å². The van der Waals surface area contributed by atoms with Crippen LogP contribution in [0.15, 0.2) is 93.3 Å². The molecule has 13 heteroatoms. The van der Waals surface area contributed by atoms with E-state index in [4.69, 9.17) is 30.5 Å². The fraction of sp³-hybridized carbons (Fsp3) is 0.188. The highest BCUT2D eigenvalue weighted by molar-refractivity contribution is 9.10. The van der Waals surface area contributed by atoms with E-state index in [1.54, 1.807) is 36.4 Å². The predicted octanol–water partition coefficient (Wildman–Crippen LogP) is 6.36. The maximum absolute atomic E-state index is 13.7. The van der Waals surface area contributed by atoms with Crippen LogP contribution in [-0.2, 0) is 21.4 Å². The minimum absolute atomic E-state index is 0.0213. The summed E-state index contributed by atoms with van der Waals surface area (Å²) in [6, 6.07) is 21.7. The number of benzene rings is 4. The highest BCUT2D eigenvalue weighted by Crippen LogP contribution is 2.37. The maximum atomic E-state index is 13.7. The van der Waals surface area contributed by atoms with Gasteiger partial charge in [0.1, 0.15) is 13.2 Å². The van der Waals surface area contributed by atoms with Gasteiger partial charge in [0.25, 0.3) is 15.9 Å². The van der Waals surface area contributed by atoms with Crippen LogP contribution in [-0.4, -0.2) is 48.4 Å². The molecular formula is C32H31BrClN3O7S. The van der Waals surface area contributed by atoms with Crippen molar-refractivity contribution in [3.05, 3.63) is 105 Å². The van der Waals surface area contributed by atoms with Crippen molar-refractivity contribution in [2.45, 2.75) is 18.4 Å². The fourth-order valence-corrected chi connectivity index (χ4v) is 6.37. The quantitative estimate of drug-likeness (QED) is 0.127. The summed E-state index contributed by atoms with van der Waals surface area (Å²) in [6.07, 6.45) is 1.40. The molecule has 0 unspecified atom stereocenters. The molecule has 1 amide bonds. The molecule has 1 N–H and O–H groups in total. The molecule has 45 heavy (non-hydrogen) atoms. The lowest BCUT2D eigenvalue weighted by Crippen LogP contribution is -2.39. The van der Waals surface area contributed by atoms with E-state index in [1.165, 1.54) is 51.8 Å². The number of nitrogens with zero attached hydrogens (tertiary/aromatic N) is 2. The van der Waals surface area contributed by atoms with Crippen LogP contribution in [0.4, 0.5) is 5.69 Å². The predicted molar refractivity (Wildman–Crippen MR) is 177 cm³/mol. The molecule has 0 bridgehead atoms. The number of anilines is 1. The Balaban J connectivity index is 1.53. The van der Waals surface area contributed by atoms with E-state index >= 15 is 0 Å². The molecule has 0 aliphatic rings. The number of rotatable bonds is 13. The molecule has 0 fully saturated rings. The Morgan fingerprint density at radius 1 is 0.933 bits per heavy atom. The molecule has 0 radical (unpaired) electrons. The van der Waals surface area contributed by atoms with Crippen LogP contribution in [0.5, 0.6) is 23.0 Å². The zero-order valence-corrected chi connectivity index (χ0v) is 28.1. The van der Waals surface area contributed by atoms with Crippen LogP contribution < -0.4 is 28.7 Å². The van der Waals surface area contributed by atoms with Gasteiger partial charge in [-0.25, -0.2) is 13.8 Å². The van der Waals surface area contributed by atoms with Gasteiger partial charge < -0.3 is 18.9 Å². The molecule has 0 spiro atoms. The van der Waals surface area contributed by atoms with Gasteiger partial charge in [0.2, 0.25) is 0 Å². The zero-order valence-electron chi connectivity index (χ0n) is 24.9. The molecule has 0 aliphatic heterocycles. The zero-order chi connectivity index (χ0) is 32.6. The van der Waals surface area contributed by atoms with Crippen LogP contribution in [0.2, 0.25) is 5.02 Å². The van der Waals surface area contributed by atoms with Gasteiger partial charge in [0.15, 0.2) is 23.0 Å². The molecule has 0 aliphatic carbocycles. The Morgan fingerprint density at radius 2 is 1.62 bits per heavy atom. The smallest absolute Gasteiger partial charge is 0.264 e. The lowest BCUT2D eigenvalue weighted by atomic mass is 10.2. The molecule has 0 saturated carbocycles. The van der Waals surface area contributed by atoms with Crippen LogP contribution in [0.25, 0.3) is 0 Å².